The Hall–Kier alpha value is -0.950. The van der Waals surface area contributed by atoms with E-state index in [1.54, 1.807) is 7.11 Å². The van der Waals surface area contributed by atoms with Crippen molar-refractivity contribution in [3.05, 3.63) is 34.9 Å². The van der Waals surface area contributed by atoms with E-state index in [1.165, 1.54) is 22.3 Å². The van der Waals surface area contributed by atoms with Gasteiger partial charge in [0.15, 0.2) is 0 Å². The van der Waals surface area contributed by atoms with Gasteiger partial charge in [-0.15, -0.1) is 11.6 Å². The molecule has 1 atom stereocenters. The van der Waals surface area contributed by atoms with Crippen LogP contribution in [0, 0.1) is 13.8 Å². The number of ether oxygens (including phenoxy) is 1. The molecule has 0 heterocycles. The first-order chi connectivity index (χ1) is 7.61. The standard InChI is InChI=1S/C14H17ClO/c1-9-6-10(2)14(13(7-9)16-3)11-4-5-12(15)8-11/h6-8,12H,4-5H2,1-3H3. The number of benzene rings is 1. The van der Waals surface area contributed by atoms with Gasteiger partial charge >= 0.3 is 0 Å². The molecule has 0 aromatic heterocycles. The van der Waals surface area contributed by atoms with Crippen molar-refractivity contribution in [2.24, 2.45) is 0 Å². The Morgan fingerprint density at radius 1 is 1.31 bits per heavy atom. The minimum absolute atomic E-state index is 0.181. The third-order valence-electron chi connectivity index (χ3n) is 3.06. The summed E-state index contributed by atoms with van der Waals surface area (Å²) < 4.78 is 5.47. The maximum Gasteiger partial charge on any atom is 0.126 e. The molecule has 2 rings (SSSR count). The van der Waals surface area contributed by atoms with E-state index in [9.17, 15) is 0 Å². The van der Waals surface area contributed by atoms with Crippen molar-refractivity contribution in [3.63, 3.8) is 0 Å². The predicted octanol–water partition coefficient (Wildman–Crippen LogP) is 4.10. The summed E-state index contributed by atoms with van der Waals surface area (Å²) in [7, 11) is 1.73. The highest BCUT2D eigenvalue weighted by molar-refractivity contribution is 6.22. The van der Waals surface area contributed by atoms with Gasteiger partial charge in [0.2, 0.25) is 0 Å². The Bertz CT molecular complexity index is 435. The minimum atomic E-state index is 0.181. The number of hydrogen-bond donors (Lipinski definition) is 0. The number of alkyl halides is 1. The molecule has 1 aliphatic carbocycles. The first-order valence-corrected chi connectivity index (χ1v) is 6.06. The summed E-state index contributed by atoms with van der Waals surface area (Å²) in [6.45, 7) is 4.22. The summed E-state index contributed by atoms with van der Waals surface area (Å²) in [5.74, 6) is 0.967. The van der Waals surface area contributed by atoms with Crippen molar-refractivity contribution in [1.29, 1.82) is 0 Å². The second kappa shape index (κ2) is 4.50. The van der Waals surface area contributed by atoms with Crippen molar-refractivity contribution < 1.29 is 4.74 Å². The average molecular weight is 237 g/mol. The molecule has 0 radical (unpaired) electrons. The first-order valence-electron chi connectivity index (χ1n) is 5.62. The first kappa shape index (κ1) is 11.5. The summed E-state index contributed by atoms with van der Waals surface area (Å²) in [5.41, 5.74) is 5.07. The predicted molar refractivity (Wildman–Crippen MR) is 69.3 cm³/mol. The molecular weight excluding hydrogens is 220 g/mol. The van der Waals surface area contributed by atoms with Crippen LogP contribution in [0.15, 0.2) is 18.2 Å². The fourth-order valence-electron chi connectivity index (χ4n) is 2.39. The van der Waals surface area contributed by atoms with Crippen LogP contribution in [0.3, 0.4) is 0 Å². The van der Waals surface area contributed by atoms with Crippen LogP contribution in [-0.4, -0.2) is 12.5 Å². The third-order valence-corrected chi connectivity index (χ3v) is 3.40. The van der Waals surface area contributed by atoms with Crippen LogP contribution < -0.4 is 4.74 Å². The maximum absolute atomic E-state index is 6.12. The van der Waals surface area contributed by atoms with Crippen LogP contribution >= 0.6 is 11.6 Å². The van der Waals surface area contributed by atoms with Crippen LogP contribution in [0.25, 0.3) is 5.57 Å². The van der Waals surface area contributed by atoms with Crippen LogP contribution in [0.2, 0.25) is 0 Å². The highest BCUT2D eigenvalue weighted by Crippen LogP contribution is 2.38. The minimum Gasteiger partial charge on any atom is -0.496 e. The van der Waals surface area contributed by atoms with Crippen molar-refractivity contribution in [1.82, 2.24) is 0 Å². The molecule has 0 saturated carbocycles. The second-order valence-corrected chi connectivity index (χ2v) is 4.97. The molecule has 1 nitrogen and oxygen atoms in total. The molecule has 0 N–H and O–H groups in total. The number of halogens is 1. The molecule has 16 heavy (non-hydrogen) atoms. The zero-order valence-electron chi connectivity index (χ0n) is 10.0. The van der Waals surface area contributed by atoms with Gasteiger partial charge in [0.25, 0.3) is 0 Å². The van der Waals surface area contributed by atoms with E-state index in [1.807, 2.05) is 0 Å². The zero-order valence-corrected chi connectivity index (χ0v) is 10.8. The van der Waals surface area contributed by atoms with E-state index in [2.05, 4.69) is 32.1 Å². The summed E-state index contributed by atoms with van der Waals surface area (Å²) in [5, 5.41) is 0.181. The Balaban J connectivity index is 2.51. The summed E-state index contributed by atoms with van der Waals surface area (Å²) >= 11 is 6.12. The van der Waals surface area contributed by atoms with Gasteiger partial charge in [-0.05, 0) is 49.5 Å². The molecule has 1 aromatic rings. The molecule has 1 unspecified atom stereocenters. The molecule has 0 amide bonds. The molecule has 0 aliphatic heterocycles. The fraction of sp³-hybridized carbons (Fsp3) is 0.429. The van der Waals surface area contributed by atoms with E-state index < -0.39 is 0 Å². The molecule has 86 valence electrons. The van der Waals surface area contributed by atoms with Crippen molar-refractivity contribution in [2.75, 3.05) is 7.11 Å². The van der Waals surface area contributed by atoms with Gasteiger partial charge in [-0.3, -0.25) is 0 Å². The largest absolute Gasteiger partial charge is 0.496 e. The molecule has 2 heteroatoms. The van der Waals surface area contributed by atoms with E-state index >= 15 is 0 Å². The maximum atomic E-state index is 6.12. The lowest BCUT2D eigenvalue weighted by atomic mass is 9.97. The molecule has 0 fully saturated rings. The van der Waals surface area contributed by atoms with Crippen molar-refractivity contribution in [3.8, 4) is 5.75 Å². The Kier molecular flexibility index (Phi) is 3.25. The molecule has 0 spiro atoms. The van der Waals surface area contributed by atoms with Gasteiger partial charge in [-0.25, -0.2) is 0 Å². The highest BCUT2D eigenvalue weighted by atomic mass is 35.5. The topological polar surface area (TPSA) is 9.23 Å². The number of methoxy groups -OCH3 is 1. The van der Waals surface area contributed by atoms with Crippen LogP contribution in [0.4, 0.5) is 0 Å². The molecule has 0 saturated heterocycles. The fourth-order valence-corrected chi connectivity index (χ4v) is 2.65. The van der Waals surface area contributed by atoms with Crippen molar-refractivity contribution >= 4 is 17.2 Å². The van der Waals surface area contributed by atoms with Gasteiger partial charge in [0.05, 0.1) is 12.5 Å². The van der Waals surface area contributed by atoms with Crippen LogP contribution in [0.1, 0.15) is 29.5 Å². The van der Waals surface area contributed by atoms with E-state index in [0.29, 0.717) is 0 Å². The van der Waals surface area contributed by atoms with Gasteiger partial charge in [-0.1, -0.05) is 12.1 Å². The lowest BCUT2D eigenvalue weighted by Gasteiger charge is -2.13. The van der Waals surface area contributed by atoms with Crippen LogP contribution in [0.5, 0.6) is 5.75 Å². The van der Waals surface area contributed by atoms with Gasteiger partial charge < -0.3 is 4.74 Å². The Labute approximate surface area is 102 Å². The summed E-state index contributed by atoms with van der Waals surface area (Å²) in [6, 6.07) is 4.28. The van der Waals surface area contributed by atoms with Crippen molar-refractivity contribution in [2.45, 2.75) is 32.1 Å². The number of rotatable bonds is 2. The summed E-state index contributed by atoms with van der Waals surface area (Å²) in [4.78, 5) is 0. The normalized spacial score (nSPS) is 19.8. The monoisotopic (exact) mass is 236 g/mol. The van der Waals surface area contributed by atoms with E-state index in [0.717, 1.165) is 18.6 Å². The van der Waals surface area contributed by atoms with Gasteiger partial charge in [0.1, 0.15) is 5.75 Å². The Morgan fingerprint density at radius 2 is 2.06 bits per heavy atom. The smallest absolute Gasteiger partial charge is 0.126 e. The number of hydrogen-bond acceptors (Lipinski definition) is 1. The van der Waals surface area contributed by atoms with Crippen LogP contribution in [-0.2, 0) is 0 Å². The van der Waals surface area contributed by atoms with Gasteiger partial charge in [-0.2, -0.15) is 0 Å². The molecule has 0 bridgehead atoms. The molecular formula is C14H17ClO. The number of allylic oxidation sites excluding steroid dienone is 2. The number of aryl methyl sites for hydroxylation is 2. The van der Waals surface area contributed by atoms with E-state index in [4.69, 9.17) is 16.3 Å². The second-order valence-electron chi connectivity index (χ2n) is 4.41. The zero-order chi connectivity index (χ0) is 11.7. The molecule has 1 aromatic carbocycles. The van der Waals surface area contributed by atoms with E-state index in [-0.39, 0.29) is 5.38 Å². The summed E-state index contributed by atoms with van der Waals surface area (Å²) in [6.07, 6.45) is 4.24. The lowest BCUT2D eigenvalue weighted by molar-refractivity contribution is 0.412. The quantitative estimate of drug-likeness (QED) is 0.703. The SMILES string of the molecule is COc1cc(C)cc(C)c1C1=CC(Cl)CC1. The average Bonchev–Trinajstić information content (AvgIpc) is 2.63. The Morgan fingerprint density at radius 3 is 2.62 bits per heavy atom. The molecule has 1 aliphatic rings. The highest BCUT2D eigenvalue weighted by Gasteiger charge is 2.19. The third kappa shape index (κ3) is 2.10. The lowest BCUT2D eigenvalue weighted by Crippen LogP contribution is -1.95. The van der Waals surface area contributed by atoms with Gasteiger partial charge in [0, 0.05) is 5.56 Å².